The number of benzene rings is 2. The minimum atomic E-state index is -4.84. The quantitative estimate of drug-likeness (QED) is 0.688. The molecule has 0 fully saturated rings. The average molecular weight is 414 g/mol. The van der Waals surface area contributed by atoms with E-state index in [1.54, 1.807) is 0 Å². The van der Waals surface area contributed by atoms with Crippen LogP contribution in [-0.4, -0.2) is 39.6 Å². The molecule has 12 heteroatoms. The number of amides is 1. The molecular weight excluding hydrogens is 403 g/mol. The van der Waals surface area contributed by atoms with Gasteiger partial charge in [-0.3, -0.25) is 4.79 Å². The van der Waals surface area contributed by atoms with Crippen molar-refractivity contribution in [2.45, 2.75) is 6.36 Å². The number of nitrogens with one attached hydrogen (secondary N) is 1. The molecule has 1 amide bonds. The molecule has 1 heterocycles. The van der Waals surface area contributed by atoms with E-state index in [1.165, 1.54) is 42.4 Å². The van der Waals surface area contributed by atoms with Crippen LogP contribution in [0.15, 0.2) is 42.7 Å². The molecule has 0 aliphatic carbocycles. The summed E-state index contributed by atoms with van der Waals surface area (Å²) in [5, 5.41) is 13.3. The summed E-state index contributed by atoms with van der Waals surface area (Å²) in [4.78, 5) is 12.6. The Balaban J connectivity index is 1.87. The number of anilines is 1. The fourth-order valence-electron chi connectivity index (χ4n) is 2.31. The molecule has 3 aromatic rings. The van der Waals surface area contributed by atoms with Crippen molar-refractivity contribution in [1.82, 2.24) is 20.2 Å². The van der Waals surface area contributed by atoms with E-state index in [0.717, 1.165) is 12.1 Å². The first-order chi connectivity index (χ1) is 13.3. The van der Waals surface area contributed by atoms with Gasteiger partial charge in [-0.05, 0) is 28.6 Å². The highest BCUT2D eigenvalue weighted by Crippen LogP contribution is 2.30. The second-order valence-electron chi connectivity index (χ2n) is 5.29. The van der Waals surface area contributed by atoms with E-state index in [2.05, 4.69) is 25.6 Å². The smallest absolute Gasteiger partial charge is 0.496 e. The molecule has 28 heavy (non-hydrogen) atoms. The number of alkyl halides is 3. The van der Waals surface area contributed by atoms with E-state index < -0.39 is 18.0 Å². The fourth-order valence-corrected chi connectivity index (χ4v) is 2.56. The first-order valence-electron chi connectivity index (χ1n) is 7.55. The Kier molecular flexibility index (Phi) is 5.36. The monoisotopic (exact) mass is 413 g/mol. The molecule has 0 radical (unpaired) electrons. The number of nitrogens with zero attached hydrogens (tertiary/aromatic N) is 4. The second kappa shape index (κ2) is 7.72. The summed E-state index contributed by atoms with van der Waals surface area (Å²) in [5.41, 5.74) is 0.529. The third-order valence-electron chi connectivity index (χ3n) is 3.43. The Hall–Kier alpha value is -3.34. The van der Waals surface area contributed by atoms with Gasteiger partial charge in [0.2, 0.25) is 0 Å². The summed E-state index contributed by atoms with van der Waals surface area (Å²) in [6.45, 7) is 0. The molecule has 0 unspecified atom stereocenters. The second-order valence-corrected chi connectivity index (χ2v) is 5.70. The summed E-state index contributed by atoms with van der Waals surface area (Å²) in [6, 6.07) is 7.66. The van der Waals surface area contributed by atoms with Gasteiger partial charge in [-0.1, -0.05) is 17.7 Å². The molecule has 8 nitrogen and oxygen atoms in total. The Labute approximate surface area is 160 Å². The summed E-state index contributed by atoms with van der Waals surface area (Å²) < 4.78 is 47.4. The van der Waals surface area contributed by atoms with Crippen molar-refractivity contribution in [2.24, 2.45) is 0 Å². The maximum atomic E-state index is 12.6. The van der Waals surface area contributed by atoms with Gasteiger partial charge in [0.25, 0.3) is 5.91 Å². The number of rotatable bonds is 5. The van der Waals surface area contributed by atoms with Crippen molar-refractivity contribution in [3.8, 4) is 17.2 Å². The van der Waals surface area contributed by atoms with Crippen molar-refractivity contribution >= 4 is 23.2 Å². The lowest BCUT2D eigenvalue weighted by molar-refractivity contribution is -0.274. The summed E-state index contributed by atoms with van der Waals surface area (Å²) >= 11 is 6.20. The van der Waals surface area contributed by atoms with E-state index >= 15 is 0 Å². The van der Waals surface area contributed by atoms with Crippen LogP contribution in [0.5, 0.6) is 11.5 Å². The van der Waals surface area contributed by atoms with Gasteiger partial charge in [-0.25, -0.2) is 0 Å². The van der Waals surface area contributed by atoms with E-state index in [1.807, 2.05) is 0 Å². The van der Waals surface area contributed by atoms with Gasteiger partial charge in [0.05, 0.1) is 23.4 Å². The van der Waals surface area contributed by atoms with Gasteiger partial charge in [-0.2, -0.15) is 4.68 Å². The highest BCUT2D eigenvalue weighted by molar-refractivity contribution is 6.33. The number of aromatic nitrogens is 4. The number of tetrazole rings is 1. The molecule has 1 aromatic heterocycles. The molecular formula is C16H11ClF3N5O3. The Morgan fingerprint density at radius 2 is 2.04 bits per heavy atom. The van der Waals surface area contributed by atoms with Crippen LogP contribution in [0.4, 0.5) is 18.9 Å². The zero-order valence-corrected chi connectivity index (χ0v) is 14.8. The minimum absolute atomic E-state index is 0.0615. The van der Waals surface area contributed by atoms with Crippen LogP contribution in [0.1, 0.15) is 10.4 Å². The lowest BCUT2D eigenvalue weighted by atomic mass is 10.1. The average Bonchev–Trinajstić information content (AvgIpc) is 3.14. The van der Waals surface area contributed by atoms with Crippen molar-refractivity contribution in [3.05, 3.63) is 53.3 Å². The topological polar surface area (TPSA) is 91.2 Å². The number of carbonyl (C=O) groups is 1. The minimum Gasteiger partial charge on any atom is -0.496 e. The highest BCUT2D eigenvalue weighted by Gasteiger charge is 2.31. The molecule has 3 rings (SSSR count). The van der Waals surface area contributed by atoms with E-state index in [4.69, 9.17) is 16.3 Å². The number of methoxy groups -OCH3 is 1. The van der Waals surface area contributed by atoms with Crippen molar-refractivity contribution in [1.29, 1.82) is 0 Å². The third-order valence-corrected chi connectivity index (χ3v) is 3.74. The maximum absolute atomic E-state index is 12.6. The normalized spacial score (nSPS) is 11.2. The summed E-state index contributed by atoms with van der Waals surface area (Å²) in [7, 11) is 1.35. The Morgan fingerprint density at radius 3 is 2.68 bits per heavy atom. The van der Waals surface area contributed by atoms with E-state index in [9.17, 15) is 18.0 Å². The largest absolute Gasteiger partial charge is 0.573 e. The lowest BCUT2D eigenvalue weighted by Gasteiger charge is -2.13. The van der Waals surface area contributed by atoms with Crippen molar-refractivity contribution < 1.29 is 27.4 Å². The van der Waals surface area contributed by atoms with Crippen LogP contribution in [0, 0.1) is 0 Å². The highest BCUT2D eigenvalue weighted by atomic mass is 35.5. The van der Waals surface area contributed by atoms with Gasteiger partial charge in [0.1, 0.15) is 17.8 Å². The first kappa shape index (κ1) is 19.4. The van der Waals surface area contributed by atoms with Crippen LogP contribution in [0.2, 0.25) is 5.02 Å². The predicted octanol–water partition coefficient (Wildman–Crippen LogP) is 3.48. The molecule has 0 bridgehead atoms. The van der Waals surface area contributed by atoms with Gasteiger partial charge in [0.15, 0.2) is 0 Å². The van der Waals surface area contributed by atoms with E-state index in [-0.39, 0.29) is 22.0 Å². The number of ether oxygens (including phenoxy) is 2. The zero-order valence-electron chi connectivity index (χ0n) is 14.1. The van der Waals surface area contributed by atoms with Crippen molar-refractivity contribution in [3.63, 3.8) is 0 Å². The maximum Gasteiger partial charge on any atom is 0.573 e. The number of hydrogen-bond donors (Lipinski definition) is 1. The number of carbonyl (C=O) groups excluding carboxylic acids is 1. The Morgan fingerprint density at radius 1 is 1.25 bits per heavy atom. The number of halogens is 4. The summed E-state index contributed by atoms with van der Waals surface area (Å²) in [5.74, 6) is -0.953. The standard InChI is InChI=1S/C16H11ClF3N5O3/c1-27-14-7-13(25-8-21-23-24-25)12(17)6-11(14)15(26)22-9-3-2-4-10(5-9)28-16(18,19)20/h2-8H,1H3,(H,22,26). The first-order valence-corrected chi connectivity index (χ1v) is 7.92. The fraction of sp³-hybridized carbons (Fsp3) is 0.125. The van der Waals surface area contributed by atoms with Crippen LogP contribution in [-0.2, 0) is 0 Å². The predicted molar refractivity (Wildman–Crippen MR) is 91.8 cm³/mol. The van der Waals surface area contributed by atoms with E-state index in [0.29, 0.717) is 5.69 Å². The van der Waals surface area contributed by atoms with Crippen molar-refractivity contribution in [2.75, 3.05) is 12.4 Å². The summed E-state index contributed by atoms with van der Waals surface area (Å²) in [6.07, 6.45) is -3.53. The Bertz CT molecular complexity index is 996. The molecule has 0 saturated heterocycles. The van der Waals surface area contributed by atoms with Gasteiger partial charge in [-0.15, -0.1) is 18.3 Å². The lowest BCUT2D eigenvalue weighted by Crippen LogP contribution is -2.17. The molecule has 146 valence electrons. The molecule has 0 spiro atoms. The zero-order chi connectivity index (χ0) is 20.3. The van der Waals surface area contributed by atoms with Gasteiger partial charge < -0.3 is 14.8 Å². The molecule has 1 N–H and O–H groups in total. The molecule has 0 aliphatic heterocycles. The molecule has 2 aromatic carbocycles. The molecule has 0 aliphatic rings. The third kappa shape index (κ3) is 4.49. The molecule has 0 atom stereocenters. The van der Waals surface area contributed by atoms with Gasteiger partial charge >= 0.3 is 6.36 Å². The number of hydrogen-bond acceptors (Lipinski definition) is 6. The SMILES string of the molecule is COc1cc(-n2cnnn2)c(Cl)cc1C(=O)Nc1cccc(OC(F)(F)F)c1. The molecule has 0 saturated carbocycles. The van der Waals surface area contributed by atoms with Crippen LogP contribution < -0.4 is 14.8 Å². The van der Waals surface area contributed by atoms with Crippen LogP contribution in [0.25, 0.3) is 5.69 Å². The van der Waals surface area contributed by atoms with Crippen LogP contribution in [0.3, 0.4) is 0 Å². The van der Waals surface area contributed by atoms with Gasteiger partial charge in [0, 0.05) is 17.8 Å². The van der Waals surface area contributed by atoms with Crippen LogP contribution >= 0.6 is 11.6 Å².